The summed E-state index contributed by atoms with van der Waals surface area (Å²) in [5.41, 5.74) is 3.50. The van der Waals surface area contributed by atoms with E-state index in [0.717, 1.165) is 35.6 Å². The normalized spacial score (nSPS) is 14.3. The number of ether oxygens (including phenoxy) is 1. The number of carbonyl (C=O) groups is 1. The summed E-state index contributed by atoms with van der Waals surface area (Å²) in [4.78, 5) is 21.3. The average molecular weight is 503 g/mol. The monoisotopic (exact) mass is 502 g/mol. The zero-order chi connectivity index (χ0) is 25.2. The van der Waals surface area contributed by atoms with Gasteiger partial charge in [-0.2, -0.15) is 5.10 Å². The Bertz CT molecular complexity index is 1030. The van der Waals surface area contributed by atoms with Gasteiger partial charge in [0.15, 0.2) is 0 Å². The minimum Gasteiger partial charge on any atom is -0.489 e. The highest BCUT2D eigenvalue weighted by atomic mass is 35.5. The van der Waals surface area contributed by atoms with Crippen LogP contribution in [-0.4, -0.2) is 71.0 Å². The van der Waals surface area contributed by atoms with Crippen molar-refractivity contribution in [3.05, 3.63) is 64.4 Å². The Morgan fingerprint density at radius 3 is 2.69 bits per heavy atom. The summed E-state index contributed by atoms with van der Waals surface area (Å²) < 4.78 is 17.4. The van der Waals surface area contributed by atoms with E-state index in [1.165, 1.54) is 5.12 Å². The van der Waals surface area contributed by atoms with Gasteiger partial charge in [0.1, 0.15) is 19.0 Å². The van der Waals surface area contributed by atoms with Gasteiger partial charge in [0.05, 0.1) is 18.4 Å². The second-order valence-electron chi connectivity index (χ2n) is 8.45. The van der Waals surface area contributed by atoms with E-state index in [0.29, 0.717) is 37.0 Å². The zero-order valence-electron chi connectivity index (χ0n) is 20.2. The second-order valence-corrected chi connectivity index (χ2v) is 8.88. The van der Waals surface area contributed by atoms with Crippen molar-refractivity contribution in [3.8, 4) is 5.75 Å². The Morgan fingerprint density at radius 2 is 2.03 bits per heavy atom. The molecule has 1 aliphatic heterocycles. The van der Waals surface area contributed by atoms with E-state index in [9.17, 15) is 9.18 Å². The number of aromatic nitrogens is 1. The maximum atomic E-state index is 12.8. The first-order chi connectivity index (χ1) is 16.8. The summed E-state index contributed by atoms with van der Waals surface area (Å²) in [6.07, 6.45) is 5.00. The summed E-state index contributed by atoms with van der Waals surface area (Å²) in [5, 5.41) is 6.18. The van der Waals surface area contributed by atoms with Crippen LogP contribution in [0, 0.1) is 0 Å². The average Bonchev–Trinajstić information content (AvgIpc) is 2.83. The van der Waals surface area contributed by atoms with Gasteiger partial charge in [-0.15, -0.1) is 0 Å². The van der Waals surface area contributed by atoms with Crippen molar-refractivity contribution >= 4 is 29.3 Å². The van der Waals surface area contributed by atoms with Crippen LogP contribution >= 0.6 is 11.6 Å². The van der Waals surface area contributed by atoms with E-state index < -0.39 is 6.67 Å². The van der Waals surface area contributed by atoms with Gasteiger partial charge in [-0.05, 0) is 55.3 Å². The Balaban J connectivity index is 1.53. The van der Waals surface area contributed by atoms with Crippen LogP contribution in [-0.2, 0) is 17.9 Å². The predicted molar refractivity (Wildman–Crippen MR) is 137 cm³/mol. The number of piperazine rings is 1. The number of hydrazine groups is 1. The van der Waals surface area contributed by atoms with Crippen LogP contribution in [0.5, 0.6) is 5.75 Å². The third-order valence-electron chi connectivity index (χ3n) is 5.38. The lowest BCUT2D eigenvalue weighted by Gasteiger charge is -2.34. The molecule has 10 heteroatoms. The molecule has 0 bridgehead atoms. The molecule has 3 rings (SSSR count). The number of rotatable bonds is 10. The Kier molecular flexibility index (Phi) is 10.0. The Hall–Kier alpha value is -3.01. The van der Waals surface area contributed by atoms with E-state index in [4.69, 9.17) is 22.2 Å². The van der Waals surface area contributed by atoms with E-state index in [1.54, 1.807) is 30.5 Å². The Labute approximate surface area is 210 Å². The number of amides is 1. The smallest absolute Gasteiger partial charge is 0.246 e. The number of pyridine rings is 1. The molecule has 2 heterocycles. The quantitative estimate of drug-likeness (QED) is 0.231. The van der Waals surface area contributed by atoms with E-state index in [1.807, 2.05) is 36.9 Å². The molecule has 0 atom stereocenters. The molecule has 1 amide bonds. The van der Waals surface area contributed by atoms with Crippen molar-refractivity contribution in [1.29, 1.82) is 0 Å². The van der Waals surface area contributed by atoms with Gasteiger partial charge < -0.3 is 9.64 Å². The molecule has 0 saturated carbocycles. The van der Waals surface area contributed by atoms with Gasteiger partial charge in [-0.1, -0.05) is 17.7 Å². The fourth-order valence-electron chi connectivity index (χ4n) is 3.71. The molecule has 0 aliphatic carbocycles. The predicted octanol–water partition coefficient (Wildman–Crippen LogP) is 3.51. The largest absolute Gasteiger partial charge is 0.489 e. The van der Waals surface area contributed by atoms with Gasteiger partial charge in [0.2, 0.25) is 5.91 Å². The Morgan fingerprint density at radius 1 is 1.26 bits per heavy atom. The van der Waals surface area contributed by atoms with Crippen LogP contribution in [0.2, 0.25) is 5.02 Å². The fourth-order valence-corrected chi connectivity index (χ4v) is 3.90. The van der Waals surface area contributed by atoms with E-state index in [-0.39, 0.29) is 12.5 Å². The molecule has 1 aromatic carbocycles. The van der Waals surface area contributed by atoms with Crippen molar-refractivity contribution in [2.24, 2.45) is 10.9 Å². The van der Waals surface area contributed by atoms with Gasteiger partial charge in [-0.25, -0.2) is 15.4 Å². The number of nitrogens with two attached hydrogens (primary N) is 1. The zero-order valence-corrected chi connectivity index (χ0v) is 20.9. The van der Waals surface area contributed by atoms with Crippen LogP contribution in [0.25, 0.3) is 6.08 Å². The third-order valence-corrected chi connectivity index (χ3v) is 5.62. The highest BCUT2D eigenvalue weighted by molar-refractivity contribution is 6.30. The second kappa shape index (κ2) is 13.2. The van der Waals surface area contributed by atoms with Crippen molar-refractivity contribution in [1.82, 2.24) is 19.9 Å². The lowest BCUT2D eigenvalue weighted by Crippen LogP contribution is -2.47. The molecule has 0 spiro atoms. The third kappa shape index (κ3) is 8.61. The SMILES string of the molecule is CC(C)=NN(N)Cc1cc(Cl)ccc1/C=C/C(=O)N1CCN(Cc2ccc(OCCF)cn2)CC1. The lowest BCUT2D eigenvalue weighted by molar-refractivity contribution is -0.127. The van der Waals surface area contributed by atoms with Gasteiger partial charge in [0, 0.05) is 49.5 Å². The minimum atomic E-state index is -0.527. The molecule has 2 aromatic rings. The maximum absolute atomic E-state index is 12.8. The summed E-state index contributed by atoms with van der Waals surface area (Å²) in [6, 6.07) is 9.17. The standard InChI is InChI=1S/C25H32ClFN6O2/c1-19(2)30-33(28)17-21-15-22(26)5-3-20(21)4-8-25(34)32-12-10-31(11-13-32)18-23-6-7-24(16-29-23)35-14-9-27/h3-8,15-16H,9-14,17-18,28H2,1-2H3/b8-4+. The molecular formula is C25H32ClFN6O2. The first kappa shape index (κ1) is 26.6. The molecule has 1 fully saturated rings. The first-order valence-corrected chi connectivity index (χ1v) is 11.9. The number of alkyl halides is 1. The maximum Gasteiger partial charge on any atom is 0.246 e. The molecule has 1 saturated heterocycles. The number of hydrazone groups is 1. The van der Waals surface area contributed by atoms with Crippen LogP contribution < -0.4 is 10.6 Å². The first-order valence-electron chi connectivity index (χ1n) is 11.5. The van der Waals surface area contributed by atoms with Gasteiger partial charge in [-0.3, -0.25) is 14.7 Å². The molecule has 1 aromatic heterocycles. The van der Waals surface area contributed by atoms with Crippen LogP contribution in [0.15, 0.2) is 47.7 Å². The highest BCUT2D eigenvalue weighted by Gasteiger charge is 2.20. The van der Waals surface area contributed by atoms with Gasteiger partial charge >= 0.3 is 0 Å². The van der Waals surface area contributed by atoms with Crippen molar-refractivity contribution < 1.29 is 13.9 Å². The van der Waals surface area contributed by atoms with Crippen molar-refractivity contribution in [2.75, 3.05) is 39.5 Å². The number of halogens is 2. The number of nitrogens with zero attached hydrogens (tertiary/aromatic N) is 5. The van der Waals surface area contributed by atoms with Crippen LogP contribution in [0.4, 0.5) is 4.39 Å². The number of carbonyl (C=O) groups excluding carboxylic acids is 1. The highest BCUT2D eigenvalue weighted by Crippen LogP contribution is 2.19. The summed E-state index contributed by atoms with van der Waals surface area (Å²) in [5.74, 6) is 6.49. The molecule has 0 unspecified atom stereocenters. The van der Waals surface area contributed by atoms with Crippen molar-refractivity contribution in [2.45, 2.75) is 26.9 Å². The number of hydrogen-bond donors (Lipinski definition) is 1. The molecule has 188 valence electrons. The molecule has 1 aliphatic rings. The van der Waals surface area contributed by atoms with Crippen molar-refractivity contribution in [3.63, 3.8) is 0 Å². The summed E-state index contributed by atoms with van der Waals surface area (Å²) >= 11 is 6.17. The lowest BCUT2D eigenvalue weighted by atomic mass is 10.1. The van der Waals surface area contributed by atoms with Crippen LogP contribution in [0.1, 0.15) is 30.7 Å². The molecule has 35 heavy (non-hydrogen) atoms. The van der Waals surface area contributed by atoms with Gasteiger partial charge in [0.25, 0.3) is 0 Å². The summed E-state index contributed by atoms with van der Waals surface area (Å²) in [6.45, 7) is 7.08. The number of benzene rings is 1. The van der Waals surface area contributed by atoms with Crippen LogP contribution in [0.3, 0.4) is 0 Å². The fraction of sp³-hybridized carbons (Fsp3) is 0.400. The molecule has 0 radical (unpaired) electrons. The van der Waals surface area contributed by atoms with E-state index >= 15 is 0 Å². The molecular weight excluding hydrogens is 471 g/mol. The molecule has 2 N–H and O–H groups in total. The molecule has 8 nitrogen and oxygen atoms in total. The topological polar surface area (TPSA) is 87.3 Å². The number of hydrogen-bond acceptors (Lipinski definition) is 7. The minimum absolute atomic E-state index is 0.0311. The van der Waals surface area contributed by atoms with E-state index in [2.05, 4.69) is 15.0 Å². The summed E-state index contributed by atoms with van der Waals surface area (Å²) in [7, 11) is 0.